The van der Waals surface area contributed by atoms with Crippen LogP contribution in [0, 0.1) is 0 Å². The maximum atomic E-state index is 5.04. The third-order valence-electron chi connectivity index (χ3n) is 8.74. The molecule has 204 valence electrons. The summed E-state index contributed by atoms with van der Waals surface area (Å²) in [5, 5.41) is 4.99. The number of benzene rings is 6. The Kier molecular flexibility index (Phi) is 5.50. The molecule has 3 nitrogen and oxygen atoms in total. The summed E-state index contributed by atoms with van der Waals surface area (Å²) in [4.78, 5) is 13.9. The third-order valence-corrected chi connectivity index (χ3v) is 8.74. The molecule has 0 atom stereocenters. The molecule has 0 unspecified atom stereocenters. The Bertz CT molecular complexity index is 2270. The van der Waals surface area contributed by atoms with Gasteiger partial charge in [-0.2, -0.15) is 0 Å². The Hall–Kier alpha value is -5.93. The molecule has 8 aromatic rings. The second kappa shape index (κ2) is 9.82. The van der Waals surface area contributed by atoms with E-state index in [1.54, 1.807) is 12.4 Å². The molecular weight excluding hydrogens is 534 g/mol. The molecule has 0 N–H and O–H groups in total. The van der Waals surface area contributed by atoms with Crippen LogP contribution in [0.1, 0.15) is 0 Å². The third kappa shape index (κ3) is 3.66. The van der Waals surface area contributed by atoms with Crippen molar-refractivity contribution in [2.24, 2.45) is 0 Å². The molecule has 6 aromatic carbocycles. The molecule has 9 rings (SSSR count). The van der Waals surface area contributed by atoms with Gasteiger partial charge in [-0.3, -0.25) is 0 Å². The second-order valence-corrected chi connectivity index (χ2v) is 11.1. The first-order valence-corrected chi connectivity index (χ1v) is 14.9. The molecule has 1 aliphatic carbocycles. The van der Waals surface area contributed by atoms with Gasteiger partial charge in [0.25, 0.3) is 0 Å². The second-order valence-electron chi connectivity index (χ2n) is 11.1. The highest BCUT2D eigenvalue weighted by Crippen LogP contribution is 2.58. The highest BCUT2D eigenvalue weighted by atomic mass is 14.9. The van der Waals surface area contributed by atoms with E-state index in [-0.39, 0.29) is 0 Å². The van der Waals surface area contributed by atoms with Crippen molar-refractivity contribution < 1.29 is 0 Å². The molecule has 0 fully saturated rings. The zero-order chi connectivity index (χ0) is 29.0. The van der Waals surface area contributed by atoms with Gasteiger partial charge in [0.1, 0.15) is 5.69 Å². The van der Waals surface area contributed by atoms with Crippen LogP contribution in [-0.2, 0) is 0 Å². The first kappa shape index (κ1) is 24.6. The van der Waals surface area contributed by atoms with Gasteiger partial charge in [0.05, 0.1) is 5.69 Å². The Morgan fingerprint density at radius 3 is 1.52 bits per heavy atom. The summed E-state index contributed by atoms with van der Waals surface area (Å²) in [7, 11) is 0. The van der Waals surface area contributed by atoms with E-state index < -0.39 is 0 Å². The van der Waals surface area contributed by atoms with Crippen LogP contribution in [-0.4, -0.2) is 15.0 Å². The van der Waals surface area contributed by atoms with Gasteiger partial charge < -0.3 is 0 Å². The van der Waals surface area contributed by atoms with Gasteiger partial charge in [0.15, 0.2) is 5.82 Å². The van der Waals surface area contributed by atoms with Gasteiger partial charge in [-0.05, 0) is 84.3 Å². The standard InChI is InChI=1S/C41H25N3/c1-3-12-26(13-4-1)36-30-16-7-8-17-31(30)37(27-14-5-2-6-15-27)40-33-23-22-28(29-18-9-19-32(38(29)33)39(36)40)34-20-10-21-35(44-34)41-42-24-11-25-43-41/h1-25H. The van der Waals surface area contributed by atoms with Crippen LogP contribution in [0.5, 0.6) is 0 Å². The van der Waals surface area contributed by atoms with Crippen molar-refractivity contribution in [2.75, 3.05) is 0 Å². The monoisotopic (exact) mass is 559 g/mol. The number of hydrogen-bond donors (Lipinski definition) is 0. The van der Waals surface area contributed by atoms with Gasteiger partial charge in [-0.1, -0.05) is 121 Å². The highest BCUT2D eigenvalue weighted by molar-refractivity contribution is 6.28. The van der Waals surface area contributed by atoms with Crippen LogP contribution in [0.25, 0.3) is 88.8 Å². The van der Waals surface area contributed by atoms with E-state index in [0.29, 0.717) is 5.82 Å². The minimum Gasteiger partial charge on any atom is -0.244 e. The van der Waals surface area contributed by atoms with E-state index in [2.05, 4.69) is 131 Å². The van der Waals surface area contributed by atoms with Gasteiger partial charge in [-0.25, -0.2) is 15.0 Å². The van der Waals surface area contributed by atoms with Gasteiger partial charge in [0.2, 0.25) is 0 Å². The summed E-state index contributed by atoms with van der Waals surface area (Å²) in [6, 6.07) is 49.7. The van der Waals surface area contributed by atoms with E-state index in [9.17, 15) is 0 Å². The highest BCUT2D eigenvalue weighted by Gasteiger charge is 2.31. The van der Waals surface area contributed by atoms with Crippen molar-refractivity contribution in [1.29, 1.82) is 0 Å². The molecule has 2 heterocycles. The molecule has 0 saturated carbocycles. The van der Waals surface area contributed by atoms with Crippen LogP contribution < -0.4 is 0 Å². The lowest BCUT2D eigenvalue weighted by molar-refractivity contribution is 1.14. The molecule has 2 aromatic heterocycles. The molecule has 0 saturated heterocycles. The number of fused-ring (bicyclic) bond motifs is 4. The summed E-state index contributed by atoms with van der Waals surface area (Å²) in [5.74, 6) is 0.624. The summed E-state index contributed by atoms with van der Waals surface area (Å²) < 4.78 is 0. The lowest BCUT2D eigenvalue weighted by Crippen LogP contribution is -1.93. The summed E-state index contributed by atoms with van der Waals surface area (Å²) >= 11 is 0. The zero-order valence-electron chi connectivity index (χ0n) is 23.8. The molecule has 0 amide bonds. The predicted molar refractivity (Wildman–Crippen MR) is 181 cm³/mol. The van der Waals surface area contributed by atoms with Crippen molar-refractivity contribution in [3.63, 3.8) is 0 Å². The maximum Gasteiger partial charge on any atom is 0.178 e. The van der Waals surface area contributed by atoms with Crippen molar-refractivity contribution >= 4 is 21.5 Å². The summed E-state index contributed by atoms with van der Waals surface area (Å²) in [5.41, 5.74) is 12.9. The zero-order valence-corrected chi connectivity index (χ0v) is 23.8. The Labute approximate surface area is 255 Å². The maximum absolute atomic E-state index is 5.04. The lowest BCUT2D eigenvalue weighted by atomic mass is 9.82. The van der Waals surface area contributed by atoms with Crippen molar-refractivity contribution in [1.82, 2.24) is 15.0 Å². The largest absolute Gasteiger partial charge is 0.244 e. The van der Waals surface area contributed by atoms with Gasteiger partial charge >= 0.3 is 0 Å². The molecule has 44 heavy (non-hydrogen) atoms. The Morgan fingerprint density at radius 2 is 0.864 bits per heavy atom. The first-order chi connectivity index (χ1) is 21.9. The molecule has 0 radical (unpaired) electrons. The molecular formula is C41H25N3. The van der Waals surface area contributed by atoms with Crippen LogP contribution in [0.4, 0.5) is 0 Å². The number of aromatic nitrogens is 3. The predicted octanol–water partition coefficient (Wildman–Crippen LogP) is 10.5. The van der Waals surface area contributed by atoms with Crippen LogP contribution >= 0.6 is 0 Å². The van der Waals surface area contributed by atoms with Crippen molar-refractivity contribution in [3.8, 4) is 67.3 Å². The van der Waals surface area contributed by atoms with E-state index in [1.165, 1.54) is 66.1 Å². The fraction of sp³-hybridized carbons (Fsp3) is 0. The van der Waals surface area contributed by atoms with Crippen LogP contribution in [0.3, 0.4) is 0 Å². The quantitative estimate of drug-likeness (QED) is 0.215. The van der Waals surface area contributed by atoms with Gasteiger partial charge in [0, 0.05) is 18.0 Å². The van der Waals surface area contributed by atoms with E-state index in [1.807, 2.05) is 18.2 Å². The lowest BCUT2D eigenvalue weighted by Gasteiger charge is -2.20. The minimum absolute atomic E-state index is 0.624. The van der Waals surface area contributed by atoms with Crippen LogP contribution in [0.2, 0.25) is 0 Å². The smallest absolute Gasteiger partial charge is 0.178 e. The average Bonchev–Trinajstić information content (AvgIpc) is 3.43. The van der Waals surface area contributed by atoms with E-state index >= 15 is 0 Å². The number of pyridine rings is 1. The Balaban J connectivity index is 1.39. The fourth-order valence-corrected chi connectivity index (χ4v) is 6.97. The van der Waals surface area contributed by atoms with Gasteiger partial charge in [-0.15, -0.1) is 0 Å². The average molecular weight is 560 g/mol. The molecule has 1 aliphatic rings. The fourth-order valence-electron chi connectivity index (χ4n) is 6.97. The molecule has 0 bridgehead atoms. The topological polar surface area (TPSA) is 38.7 Å². The normalized spacial score (nSPS) is 11.6. The first-order valence-electron chi connectivity index (χ1n) is 14.9. The van der Waals surface area contributed by atoms with E-state index in [0.717, 1.165) is 17.0 Å². The molecule has 3 heteroatoms. The SMILES string of the molecule is c1ccc(-c2c3c(c(-c4ccccc4)c4ccccc24)-c2ccc(-c4cccc(-c5ncccn5)n4)c4cccc-3c24)cc1. The summed E-state index contributed by atoms with van der Waals surface area (Å²) in [6.45, 7) is 0. The van der Waals surface area contributed by atoms with Crippen molar-refractivity contribution in [3.05, 3.63) is 152 Å². The molecule has 0 aliphatic heterocycles. The van der Waals surface area contributed by atoms with E-state index in [4.69, 9.17) is 4.98 Å². The summed E-state index contributed by atoms with van der Waals surface area (Å²) in [6.07, 6.45) is 3.51. The Morgan fingerprint density at radius 1 is 0.341 bits per heavy atom. The number of rotatable bonds is 4. The minimum atomic E-state index is 0.624. The molecule has 0 spiro atoms. The van der Waals surface area contributed by atoms with Crippen molar-refractivity contribution in [2.45, 2.75) is 0 Å². The van der Waals surface area contributed by atoms with Crippen LogP contribution in [0.15, 0.2) is 152 Å². The number of nitrogens with zero attached hydrogens (tertiary/aromatic N) is 3. The number of hydrogen-bond acceptors (Lipinski definition) is 3.